The topological polar surface area (TPSA) is 63.3 Å². The number of hydrogen-bond acceptors (Lipinski definition) is 2. The summed E-state index contributed by atoms with van der Waals surface area (Å²) in [5, 5.41) is 9.28. The molecule has 0 rings (SSSR count). The van der Waals surface area contributed by atoms with Gasteiger partial charge in [0, 0.05) is 6.54 Å². The number of hydrogen-bond donors (Lipinski definition) is 2. The number of carboxylic acid groups (broad SMARTS) is 1. The molecule has 3 N–H and O–H groups in total. The second kappa shape index (κ2) is 8.57. The SMILES string of the molecule is CCCCCCCC(CN)(CCC)C(=O)O. The molecular weight excluding hydrogens is 202 g/mol. The summed E-state index contributed by atoms with van der Waals surface area (Å²) in [4.78, 5) is 11.3. The highest BCUT2D eigenvalue weighted by Gasteiger charge is 2.35. The Balaban J connectivity index is 4.05. The maximum absolute atomic E-state index is 11.3. The molecule has 0 saturated heterocycles. The second-order valence-corrected chi connectivity index (χ2v) is 4.70. The first kappa shape index (κ1) is 15.4. The highest BCUT2D eigenvalue weighted by Crippen LogP contribution is 2.30. The van der Waals surface area contributed by atoms with Gasteiger partial charge in [-0.25, -0.2) is 0 Å². The molecule has 0 aromatic rings. The van der Waals surface area contributed by atoms with E-state index >= 15 is 0 Å². The number of unbranched alkanes of at least 4 members (excludes halogenated alkanes) is 4. The van der Waals surface area contributed by atoms with Gasteiger partial charge in [0.25, 0.3) is 0 Å². The summed E-state index contributed by atoms with van der Waals surface area (Å²) >= 11 is 0. The van der Waals surface area contributed by atoms with Gasteiger partial charge < -0.3 is 10.8 Å². The smallest absolute Gasteiger partial charge is 0.310 e. The molecule has 0 aliphatic rings. The number of carboxylic acids is 1. The van der Waals surface area contributed by atoms with E-state index in [2.05, 4.69) is 6.92 Å². The van der Waals surface area contributed by atoms with Crippen LogP contribution in [0.4, 0.5) is 0 Å². The third kappa shape index (κ3) is 4.97. The lowest BCUT2D eigenvalue weighted by molar-refractivity contribution is -0.149. The van der Waals surface area contributed by atoms with Gasteiger partial charge in [0.2, 0.25) is 0 Å². The van der Waals surface area contributed by atoms with Crippen LogP contribution in [0.1, 0.15) is 65.2 Å². The summed E-state index contributed by atoms with van der Waals surface area (Å²) in [5.41, 5.74) is 4.99. The van der Waals surface area contributed by atoms with E-state index in [1.807, 2.05) is 6.92 Å². The minimum absolute atomic E-state index is 0.268. The van der Waals surface area contributed by atoms with Crippen molar-refractivity contribution >= 4 is 5.97 Å². The zero-order valence-corrected chi connectivity index (χ0v) is 10.8. The van der Waals surface area contributed by atoms with Crippen LogP contribution in [-0.4, -0.2) is 17.6 Å². The van der Waals surface area contributed by atoms with Crippen LogP contribution >= 0.6 is 0 Å². The fraction of sp³-hybridized carbons (Fsp3) is 0.923. The summed E-state index contributed by atoms with van der Waals surface area (Å²) < 4.78 is 0. The molecule has 0 spiro atoms. The van der Waals surface area contributed by atoms with E-state index in [0.717, 1.165) is 25.7 Å². The van der Waals surface area contributed by atoms with Crippen molar-refractivity contribution < 1.29 is 9.90 Å². The van der Waals surface area contributed by atoms with Gasteiger partial charge in [0.15, 0.2) is 0 Å². The van der Waals surface area contributed by atoms with E-state index in [-0.39, 0.29) is 6.54 Å². The number of rotatable bonds is 10. The number of nitrogens with two attached hydrogens (primary N) is 1. The van der Waals surface area contributed by atoms with Crippen LogP contribution < -0.4 is 5.73 Å². The molecule has 3 nitrogen and oxygen atoms in total. The Morgan fingerprint density at radius 1 is 1.06 bits per heavy atom. The summed E-state index contributed by atoms with van der Waals surface area (Å²) in [5.74, 6) is -0.715. The van der Waals surface area contributed by atoms with Gasteiger partial charge in [-0.2, -0.15) is 0 Å². The zero-order chi connectivity index (χ0) is 12.4. The maximum Gasteiger partial charge on any atom is 0.310 e. The Kier molecular flexibility index (Phi) is 8.26. The highest BCUT2D eigenvalue weighted by atomic mass is 16.4. The van der Waals surface area contributed by atoms with Crippen LogP contribution in [0.3, 0.4) is 0 Å². The van der Waals surface area contributed by atoms with Gasteiger partial charge in [0.1, 0.15) is 0 Å². The van der Waals surface area contributed by atoms with Crippen molar-refractivity contribution in [2.45, 2.75) is 65.2 Å². The maximum atomic E-state index is 11.3. The van der Waals surface area contributed by atoms with Crippen molar-refractivity contribution in [1.82, 2.24) is 0 Å². The summed E-state index contributed by atoms with van der Waals surface area (Å²) in [7, 11) is 0. The zero-order valence-electron chi connectivity index (χ0n) is 10.8. The molecule has 16 heavy (non-hydrogen) atoms. The fourth-order valence-electron chi connectivity index (χ4n) is 2.18. The molecule has 96 valence electrons. The fourth-order valence-corrected chi connectivity index (χ4v) is 2.18. The third-order valence-electron chi connectivity index (χ3n) is 3.33. The molecule has 0 fully saturated rings. The van der Waals surface area contributed by atoms with Crippen LogP contribution in [-0.2, 0) is 4.79 Å². The Labute approximate surface area is 99.4 Å². The number of aliphatic carboxylic acids is 1. The van der Waals surface area contributed by atoms with Gasteiger partial charge >= 0.3 is 5.97 Å². The lowest BCUT2D eigenvalue weighted by Gasteiger charge is -2.27. The molecule has 0 heterocycles. The Bertz CT molecular complexity index is 194. The summed E-state index contributed by atoms with van der Waals surface area (Å²) in [6.45, 7) is 4.47. The second-order valence-electron chi connectivity index (χ2n) is 4.70. The molecule has 0 aliphatic carbocycles. The molecular formula is C13H27NO2. The van der Waals surface area contributed by atoms with E-state index in [1.54, 1.807) is 0 Å². The lowest BCUT2D eigenvalue weighted by atomic mass is 9.78. The largest absolute Gasteiger partial charge is 0.481 e. The van der Waals surface area contributed by atoms with Gasteiger partial charge in [-0.05, 0) is 12.8 Å². The van der Waals surface area contributed by atoms with Crippen molar-refractivity contribution in [2.75, 3.05) is 6.54 Å². The van der Waals surface area contributed by atoms with E-state index in [4.69, 9.17) is 5.73 Å². The molecule has 0 aromatic carbocycles. The molecule has 1 unspecified atom stereocenters. The van der Waals surface area contributed by atoms with E-state index in [9.17, 15) is 9.90 Å². The van der Waals surface area contributed by atoms with Gasteiger partial charge in [-0.15, -0.1) is 0 Å². The van der Waals surface area contributed by atoms with Gasteiger partial charge in [0.05, 0.1) is 5.41 Å². The average Bonchev–Trinajstić information content (AvgIpc) is 2.27. The summed E-state index contributed by atoms with van der Waals surface area (Å²) in [6, 6.07) is 0. The van der Waals surface area contributed by atoms with Crippen LogP contribution in [0.15, 0.2) is 0 Å². The third-order valence-corrected chi connectivity index (χ3v) is 3.33. The highest BCUT2D eigenvalue weighted by molar-refractivity contribution is 5.74. The van der Waals surface area contributed by atoms with Crippen molar-refractivity contribution in [3.05, 3.63) is 0 Å². The Morgan fingerprint density at radius 2 is 1.69 bits per heavy atom. The van der Waals surface area contributed by atoms with Crippen LogP contribution in [0.5, 0.6) is 0 Å². The minimum Gasteiger partial charge on any atom is -0.481 e. The first-order valence-corrected chi connectivity index (χ1v) is 6.56. The normalized spacial score (nSPS) is 14.7. The molecule has 0 radical (unpaired) electrons. The standard InChI is InChI=1S/C13H27NO2/c1-3-5-6-7-8-10-13(11-14,9-4-2)12(15)16/h3-11,14H2,1-2H3,(H,15,16). The molecule has 0 bridgehead atoms. The first-order valence-electron chi connectivity index (χ1n) is 6.56. The molecule has 0 amide bonds. The van der Waals surface area contributed by atoms with Crippen LogP contribution in [0.2, 0.25) is 0 Å². The molecule has 1 atom stereocenters. The van der Waals surface area contributed by atoms with E-state index in [0.29, 0.717) is 6.42 Å². The van der Waals surface area contributed by atoms with Gasteiger partial charge in [-0.3, -0.25) is 4.79 Å². The lowest BCUT2D eigenvalue weighted by Crippen LogP contribution is -2.38. The molecule has 3 heteroatoms. The van der Waals surface area contributed by atoms with Crippen molar-refractivity contribution in [1.29, 1.82) is 0 Å². The predicted molar refractivity (Wildman–Crippen MR) is 67.4 cm³/mol. The van der Waals surface area contributed by atoms with Crippen molar-refractivity contribution in [3.63, 3.8) is 0 Å². The molecule has 0 aliphatic heterocycles. The average molecular weight is 229 g/mol. The quantitative estimate of drug-likeness (QED) is 0.565. The summed E-state index contributed by atoms with van der Waals surface area (Å²) in [6.07, 6.45) is 8.12. The molecule has 0 aromatic heterocycles. The monoisotopic (exact) mass is 229 g/mol. The molecule has 0 saturated carbocycles. The predicted octanol–water partition coefficient (Wildman–Crippen LogP) is 3.18. The number of carbonyl (C=O) groups is 1. The van der Waals surface area contributed by atoms with E-state index < -0.39 is 11.4 Å². The van der Waals surface area contributed by atoms with Crippen molar-refractivity contribution in [2.24, 2.45) is 11.1 Å². The van der Waals surface area contributed by atoms with Crippen molar-refractivity contribution in [3.8, 4) is 0 Å². The Morgan fingerprint density at radius 3 is 2.12 bits per heavy atom. The van der Waals surface area contributed by atoms with Crippen LogP contribution in [0.25, 0.3) is 0 Å². The Hall–Kier alpha value is -0.570. The van der Waals surface area contributed by atoms with Crippen LogP contribution in [0, 0.1) is 5.41 Å². The van der Waals surface area contributed by atoms with Gasteiger partial charge in [-0.1, -0.05) is 52.4 Å². The first-order chi connectivity index (χ1) is 7.63. The van der Waals surface area contributed by atoms with E-state index in [1.165, 1.54) is 19.3 Å². The minimum atomic E-state index is -0.715.